The van der Waals surface area contributed by atoms with E-state index < -0.39 is 0 Å². The Labute approximate surface area is 158 Å². The second kappa shape index (κ2) is 8.32. The van der Waals surface area contributed by atoms with Gasteiger partial charge in [0.2, 0.25) is 0 Å². The van der Waals surface area contributed by atoms with Gasteiger partial charge in [-0.05, 0) is 55.2 Å². The van der Waals surface area contributed by atoms with Crippen LogP contribution in [0.1, 0.15) is 24.8 Å². The fraction of sp³-hybridized carbons (Fsp3) is 0.286. The smallest absolute Gasteiger partial charge is 0.119 e. The number of anilines is 1. The maximum atomic E-state index is 4.40. The van der Waals surface area contributed by atoms with Crippen LogP contribution < -0.4 is 4.90 Å². The average molecular weight is 363 g/mol. The molecular weight excluding hydrogens is 340 g/mol. The highest BCUT2D eigenvalue weighted by atomic mass is 32.2. The predicted octanol–water partition coefficient (Wildman–Crippen LogP) is 4.82. The number of piperidine rings is 1. The Morgan fingerprint density at radius 3 is 2.42 bits per heavy atom. The minimum atomic E-state index is 0.854. The van der Waals surface area contributed by atoms with E-state index >= 15 is 0 Å². The van der Waals surface area contributed by atoms with E-state index in [0.717, 1.165) is 22.0 Å². The molecule has 1 saturated heterocycles. The lowest BCUT2D eigenvalue weighted by Gasteiger charge is -2.28. The van der Waals surface area contributed by atoms with Gasteiger partial charge in [-0.25, -0.2) is 0 Å². The fourth-order valence-electron chi connectivity index (χ4n) is 3.19. The van der Waals surface area contributed by atoms with Gasteiger partial charge in [0.15, 0.2) is 0 Å². The minimum Gasteiger partial charge on any atom is -0.372 e. The summed E-state index contributed by atoms with van der Waals surface area (Å²) in [4.78, 5) is 6.61. The molecule has 0 bridgehead atoms. The van der Waals surface area contributed by atoms with Crippen LogP contribution in [0.25, 0.3) is 11.3 Å². The molecule has 0 saturated carbocycles. The zero-order valence-electron chi connectivity index (χ0n) is 14.7. The van der Waals surface area contributed by atoms with Crippen LogP contribution in [0, 0.1) is 0 Å². The molecule has 0 radical (unpaired) electrons. The molecule has 4 rings (SSSR count). The van der Waals surface area contributed by atoms with Crippen molar-refractivity contribution in [2.45, 2.75) is 30.0 Å². The number of rotatable bonds is 5. The van der Waals surface area contributed by atoms with Gasteiger partial charge in [0.25, 0.3) is 0 Å². The summed E-state index contributed by atoms with van der Waals surface area (Å²) in [5.41, 5.74) is 4.53. The molecule has 1 fully saturated rings. The van der Waals surface area contributed by atoms with E-state index in [0.29, 0.717) is 0 Å². The van der Waals surface area contributed by atoms with Crippen molar-refractivity contribution < 1.29 is 0 Å². The van der Waals surface area contributed by atoms with E-state index in [9.17, 15) is 0 Å². The minimum absolute atomic E-state index is 0.854. The summed E-state index contributed by atoms with van der Waals surface area (Å²) in [6, 6.07) is 16.8. The summed E-state index contributed by atoms with van der Waals surface area (Å²) in [6.07, 6.45) is 7.63. The molecule has 132 valence electrons. The summed E-state index contributed by atoms with van der Waals surface area (Å²) in [6.45, 7) is 2.34. The Morgan fingerprint density at radius 2 is 1.73 bits per heavy atom. The topological polar surface area (TPSA) is 41.9 Å². The maximum absolute atomic E-state index is 4.40. The zero-order chi connectivity index (χ0) is 17.6. The predicted molar refractivity (Wildman–Crippen MR) is 107 cm³/mol. The molecule has 0 spiro atoms. The van der Waals surface area contributed by atoms with Crippen LogP contribution in [0.5, 0.6) is 0 Å². The van der Waals surface area contributed by atoms with Gasteiger partial charge in [-0.15, -0.1) is 10.2 Å². The summed E-state index contributed by atoms with van der Waals surface area (Å²) < 4.78 is 0. The van der Waals surface area contributed by atoms with E-state index in [-0.39, 0.29) is 0 Å². The first-order valence-corrected chi connectivity index (χ1v) is 10.1. The number of aromatic nitrogens is 3. The van der Waals surface area contributed by atoms with Crippen molar-refractivity contribution in [3.05, 3.63) is 66.5 Å². The summed E-state index contributed by atoms with van der Waals surface area (Å²) in [7, 11) is 0. The van der Waals surface area contributed by atoms with Crippen LogP contribution in [0.3, 0.4) is 0 Å². The quantitative estimate of drug-likeness (QED) is 0.609. The van der Waals surface area contributed by atoms with Gasteiger partial charge < -0.3 is 4.90 Å². The van der Waals surface area contributed by atoms with Crippen LogP contribution in [0.15, 0.2) is 66.0 Å². The highest BCUT2D eigenvalue weighted by molar-refractivity contribution is 7.98. The van der Waals surface area contributed by atoms with Crippen molar-refractivity contribution in [1.82, 2.24) is 15.2 Å². The van der Waals surface area contributed by atoms with Crippen molar-refractivity contribution >= 4 is 17.4 Å². The van der Waals surface area contributed by atoms with Gasteiger partial charge in [-0.2, -0.15) is 0 Å². The molecule has 0 N–H and O–H groups in total. The number of benzene rings is 1. The van der Waals surface area contributed by atoms with Crippen LogP contribution >= 0.6 is 11.8 Å². The summed E-state index contributed by atoms with van der Waals surface area (Å²) >= 11 is 1.68. The lowest BCUT2D eigenvalue weighted by Crippen LogP contribution is -2.29. The molecule has 2 aromatic heterocycles. The van der Waals surface area contributed by atoms with Gasteiger partial charge in [0.05, 0.1) is 5.69 Å². The Kier molecular flexibility index (Phi) is 5.45. The monoisotopic (exact) mass is 362 g/mol. The molecule has 3 heterocycles. The number of pyridine rings is 1. The van der Waals surface area contributed by atoms with Crippen molar-refractivity contribution in [3.63, 3.8) is 0 Å². The van der Waals surface area contributed by atoms with Crippen molar-refractivity contribution in [1.29, 1.82) is 0 Å². The third kappa shape index (κ3) is 4.22. The number of hydrogen-bond donors (Lipinski definition) is 0. The molecule has 0 unspecified atom stereocenters. The molecule has 0 aliphatic carbocycles. The van der Waals surface area contributed by atoms with Gasteiger partial charge in [0.1, 0.15) is 5.03 Å². The lowest BCUT2D eigenvalue weighted by molar-refractivity contribution is 0.578. The number of hydrogen-bond acceptors (Lipinski definition) is 5. The van der Waals surface area contributed by atoms with Crippen LogP contribution in [-0.4, -0.2) is 28.3 Å². The third-order valence-electron chi connectivity index (χ3n) is 4.63. The number of nitrogens with zero attached hydrogens (tertiary/aromatic N) is 4. The first-order chi connectivity index (χ1) is 12.9. The standard InChI is InChI=1S/C21H22N4S/c1-2-13-25(14-3-1)19-8-6-18(7-9-19)20-10-11-21(24-23-20)26-16-17-5-4-12-22-15-17/h4-12,15H,1-3,13-14,16H2. The Balaban J connectivity index is 1.40. The molecular formula is C21H22N4S. The average Bonchev–Trinajstić information content (AvgIpc) is 2.74. The second-order valence-corrected chi connectivity index (χ2v) is 7.50. The normalized spacial score (nSPS) is 14.4. The van der Waals surface area contributed by atoms with E-state index in [1.807, 2.05) is 18.3 Å². The maximum Gasteiger partial charge on any atom is 0.119 e. The highest BCUT2D eigenvalue weighted by Gasteiger charge is 2.11. The summed E-state index contributed by atoms with van der Waals surface area (Å²) in [5, 5.41) is 9.70. The lowest BCUT2D eigenvalue weighted by atomic mass is 10.1. The van der Waals surface area contributed by atoms with Crippen molar-refractivity contribution in [2.75, 3.05) is 18.0 Å². The van der Waals surface area contributed by atoms with Gasteiger partial charge in [-0.1, -0.05) is 30.0 Å². The zero-order valence-corrected chi connectivity index (χ0v) is 15.5. The molecule has 5 heteroatoms. The largest absolute Gasteiger partial charge is 0.372 e. The van der Waals surface area contributed by atoms with E-state index in [1.54, 1.807) is 18.0 Å². The molecule has 1 aliphatic heterocycles. The van der Waals surface area contributed by atoms with Crippen LogP contribution in [0.2, 0.25) is 0 Å². The molecule has 4 nitrogen and oxygen atoms in total. The molecule has 0 amide bonds. The van der Waals surface area contributed by atoms with Crippen LogP contribution in [-0.2, 0) is 5.75 Å². The Bertz CT molecular complexity index is 813. The van der Waals surface area contributed by atoms with Gasteiger partial charge in [0, 0.05) is 42.5 Å². The van der Waals surface area contributed by atoms with E-state index in [2.05, 4.69) is 56.5 Å². The van der Waals surface area contributed by atoms with E-state index in [1.165, 1.54) is 43.6 Å². The van der Waals surface area contributed by atoms with Crippen molar-refractivity contribution in [2.24, 2.45) is 0 Å². The number of thioether (sulfide) groups is 1. The van der Waals surface area contributed by atoms with E-state index in [4.69, 9.17) is 0 Å². The molecule has 1 aliphatic rings. The Hall–Kier alpha value is -2.40. The Morgan fingerprint density at radius 1 is 0.885 bits per heavy atom. The molecule has 3 aromatic rings. The third-order valence-corrected chi connectivity index (χ3v) is 5.63. The summed E-state index contributed by atoms with van der Waals surface area (Å²) in [5.74, 6) is 0.854. The van der Waals surface area contributed by atoms with Crippen LogP contribution in [0.4, 0.5) is 5.69 Å². The molecule has 1 aromatic carbocycles. The first kappa shape index (κ1) is 17.0. The van der Waals surface area contributed by atoms with Crippen molar-refractivity contribution in [3.8, 4) is 11.3 Å². The first-order valence-electron chi connectivity index (χ1n) is 9.09. The SMILES string of the molecule is c1cncc(CSc2ccc(-c3ccc(N4CCCCC4)cc3)nn2)c1. The fourth-order valence-corrected chi connectivity index (χ4v) is 3.94. The molecule has 0 atom stereocenters. The molecule has 26 heavy (non-hydrogen) atoms. The van der Waals surface area contributed by atoms with Gasteiger partial charge >= 0.3 is 0 Å². The highest BCUT2D eigenvalue weighted by Crippen LogP contribution is 2.25. The second-order valence-electron chi connectivity index (χ2n) is 6.50. The van der Waals surface area contributed by atoms with Gasteiger partial charge in [-0.3, -0.25) is 4.98 Å².